The fourth-order valence-electron chi connectivity index (χ4n) is 11.3. The quantitative estimate of drug-likeness (QED) is 0.163. The van der Waals surface area contributed by atoms with Crippen molar-refractivity contribution in [3.8, 4) is 39.8 Å². The number of nitrogen functional groups attached to an aromatic ring is 1. The van der Waals surface area contributed by atoms with Gasteiger partial charge < -0.3 is 15.1 Å². The zero-order valence-corrected chi connectivity index (χ0v) is 68.0. The number of fused-ring (bicyclic) bond motifs is 2. The highest BCUT2D eigenvalue weighted by atomic mass is 16.6. The van der Waals surface area contributed by atoms with E-state index in [4.69, 9.17) is 11.0 Å². The maximum atomic E-state index is 11.5. The van der Waals surface area contributed by atoms with E-state index in [0.717, 1.165) is 51.6 Å². The first-order valence-electron chi connectivity index (χ1n) is 36.8. The maximum Gasteiger partial charge on any atom is 0.255 e. The summed E-state index contributed by atoms with van der Waals surface area (Å²) in [5.74, 6) is 1.37. The summed E-state index contributed by atoms with van der Waals surface area (Å²) in [6, 6.07) is 56.3. The summed E-state index contributed by atoms with van der Waals surface area (Å²) >= 11 is 0. The molecule has 14 rings (SSSR count). The van der Waals surface area contributed by atoms with Crippen LogP contribution in [0, 0.1) is 25.2 Å². The number of anilines is 1. The molecule has 0 saturated carbocycles. The first-order chi connectivity index (χ1) is 51.1. The van der Waals surface area contributed by atoms with Crippen LogP contribution in [-0.2, 0) is 37.9 Å². The molecule has 0 spiro atoms. The topological polar surface area (TPSA) is 251 Å². The van der Waals surface area contributed by atoms with Crippen molar-refractivity contribution in [2.24, 2.45) is 4.99 Å². The van der Waals surface area contributed by atoms with Crippen molar-refractivity contribution in [3.63, 3.8) is 0 Å². The minimum Gasteiger partial charge on any atom is -0.378 e. The van der Waals surface area contributed by atoms with Gasteiger partial charge in [-0.15, -0.1) is 10.2 Å². The number of benzene rings is 5. The molecule has 19 heteroatoms. The van der Waals surface area contributed by atoms with E-state index >= 15 is 0 Å². The van der Waals surface area contributed by atoms with Crippen LogP contribution in [0.2, 0.25) is 0 Å². The lowest BCUT2D eigenvalue weighted by atomic mass is 9.85. The summed E-state index contributed by atoms with van der Waals surface area (Å²) < 4.78 is 9.74. The standard InChI is InChI=1S/2C15H17N.C14H17N.C13H15NO.C12H16N4.C12H13N3.C9H14N6O.2CH4/c1-15(2,3)14-8-4-6-12(10-14)13-7-5-9-16-11-13;1-15(2,3)14-6-4-5-13(11-14)12-7-9-16-10-8-12;1-14(2,3)13-6-4-5-11(9-13)12-7-8-15-10-12;1-13(2,3)10-4-5-11-9(8-10)6-7-14-12(11)15;1-9-13-14-15-16(9)11-7-5-10(6-8-11)12(2,3)4;1-12(2,3)10-8-15-5-4-9(7-13)6-11(15)14-10;1-5-6(9(2,3)4)11-14-15(5)8-7(10)12-16-13-8;;/h2*4-11H,1-3H3;4-9H,10H2,1-3H3;4-8H,1-3H3,(H,14,15);5-8H,1-4H3;4-6,8H,1-3H3;1-4H3,(H2,10,12);2*1H4. The summed E-state index contributed by atoms with van der Waals surface area (Å²) in [4.78, 5) is 31.1. The number of aromatic amines is 1. The largest absolute Gasteiger partial charge is 0.378 e. The van der Waals surface area contributed by atoms with Gasteiger partial charge in [0.1, 0.15) is 5.65 Å². The molecule has 111 heavy (non-hydrogen) atoms. The number of tetrazole rings is 1. The van der Waals surface area contributed by atoms with Gasteiger partial charge >= 0.3 is 0 Å². The molecule has 0 atom stereocenters. The normalized spacial score (nSPS) is 12.0. The lowest BCUT2D eigenvalue weighted by molar-refractivity contribution is 0.306. The highest BCUT2D eigenvalue weighted by molar-refractivity contribution is 5.89. The summed E-state index contributed by atoms with van der Waals surface area (Å²) in [5.41, 5.74) is 25.9. The first kappa shape index (κ1) is 88.3. The molecule has 0 unspecified atom stereocenters. The van der Waals surface area contributed by atoms with Crippen LogP contribution in [-0.4, -0.2) is 82.6 Å². The second-order valence-corrected chi connectivity index (χ2v) is 34.3. The molecule has 9 heterocycles. The Hall–Kier alpha value is -11.6. The minimum absolute atomic E-state index is 0. The van der Waals surface area contributed by atoms with Crippen LogP contribution in [0.25, 0.3) is 55.8 Å². The smallest absolute Gasteiger partial charge is 0.255 e. The number of nitriles is 1. The molecule has 0 aliphatic carbocycles. The monoisotopic (exact) mass is 1490 g/mol. The number of pyridine rings is 4. The molecular formula is C92H117N17O2. The number of imidazole rings is 1. The van der Waals surface area contributed by atoms with E-state index in [-0.39, 0.29) is 64.1 Å². The van der Waals surface area contributed by atoms with Gasteiger partial charge in [-0.05, 0) is 189 Å². The molecule has 5 aromatic carbocycles. The molecule has 0 radical (unpaired) electrons. The number of nitrogens with zero attached hydrogens (tertiary/aromatic N) is 15. The van der Waals surface area contributed by atoms with E-state index in [9.17, 15) is 4.79 Å². The van der Waals surface area contributed by atoms with Crippen LogP contribution in [0.15, 0.2) is 222 Å². The minimum atomic E-state index is -0.0751. The number of aromatic nitrogens is 14. The highest BCUT2D eigenvalue weighted by Crippen LogP contribution is 2.32. The maximum absolute atomic E-state index is 11.5. The average Bonchev–Trinajstić information content (AvgIpc) is 0.940. The Kier molecular flexibility index (Phi) is 29.6. The van der Waals surface area contributed by atoms with Gasteiger partial charge in [0.2, 0.25) is 11.6 Å². The van der Waals surface area contributed by atoms with E-state index in [1.807, 2.05) is 104 Å². The van der Waals surface area contributed by atoms with E-state index < -0.39 is 0 Å². The molecule has 1 aliphatic rings. The van der Waals surface area contributed by atoms with Crippen LogP contribution in [0.5, 0.6) is 0 Å². The van der Waals surface area contributed by atoms with Gasteiger partial charge in [0.15, 0.2) is 5.82 Å². The molecule has 0 amide bonds. The first-order valence-corrected chi connectivity index (χ1v) is 36.8. The fourth-order valence-corrected chi connectivity index (χ4v) is 11.3. The third-order valence-corrected chi connectivity index (χ3v) is 18.1. The lowest BCUT2D eigenvalue weighted by Gasteiger charge is -2.19. The van der Waals surface area contributed by atoms with E-state index in [1.54, 1.807) is 29.2 Å². The predicted octanol–water partition coefficient (Wildman–Crippen LogP) is 21.3. The molecular weight excluding hydrogens is 1380 g/mol. The van der Waals surface area contributed by atoms with Crippen LogP contribution in [0.1, 0.15) is 222 Å². The number of nitrogens with one attached hydrogen (secondary N) is 1. The zero-order chi connectivity index (χ0) is 79.9. The number of hydrogen-bond donors (Lipinski definition) is 2. The van der Waals surface area contributed by atoms with Gasteiger partial charge in [-0.2, -0.15) is 14.6 Å². The molecule has 1 aliphatic heterocycles. The number of aryl methyl sites for hydroxylation is 1. The van der Waals surface area contributed by atoms with Gasteiger partial charge in [-0.1, -0.05) is 269 Å². The summed E-state index contributed by atoms with van der Waals surface area (Å²) in [7, 11) is 0. The average molecular weight is 1490 g/mol. The molecule has 19 nitrogen and oxygen atoms in total. The number of hydrogen-bond acceptors (Lipinski definition) is 15. The summed E-state index contributed by atoms with van der Waals surface area (Å²) in [6.45, 7) is 50.4. The second-order valence-electron chi connectivity index (χ2n) is 34.3. The second kappa shape index (κ2) is 37.2. The third kappa shape index (κ3) is 24.7. The van der Waals surface area contributed by atoms with Crippen LogP contribution in [0.4, 0.5) is 5.82 Å². The summed E-state index contributed by atoms with van der Waals surface area (Å²) in [5, 5.41) is 37.3. The van der Waals surface area contributed by atoms with Crippen molar-refractivity contribution in [1.29, 1.82) is 5.26 Å². The van der Waals surface area contributed by atoms with Crippen LogP contribution < -0.4 is 11.3 Å². The Labute approximate surface area is 658 Å². The van der Waals surface area contributed by atoms with Crippen molar-refractivity contribution in [2.45, 2.75) is 212 Å². The molecule has 8 aromatic heterocycles. The molecule has 0 fully saturated rings. The molecule has 13 aromatic rings. The zero-order valence-electron chi connectivity index (χ0n) is 68.0. The van der Waals surface area contributed by atoms with Crippen molar-refractivity contribution < 1.29 is 4.63 Å². The molecule has 582 valence electrons. The number of nitrogens with two attached hydrogens (primary N) is 1. The van der Waals surface area contributed by atoms with Crippen molar-refractivity contribution >= 4 is 34.0 Å². The van der Waals surface area contributed by atoms with Crippen molar-refractivity contribution in [1.82, 2.24) is 69.9 Å². The Morgan fingerprint density at radius 3 is 1.56 bits per heavy atom. The molecule has 0 bridgehead atoms. The van der Waals surface area contributed by atoms with E-state index in [1.165, 1.54) is 65.9 Å². The Balaban J connectivity index is 0.000000201. The van der Waals surface area contributed by atoms with E-state index in [0.29, 0.717) is 11.4 Å². The number of rotatable bonds is 5. The van der Waals surface area contributed by atoms with Crippen molar-refractivity contribution in [3.05, 3.63) is 279 Å². The van der Waals surface area contributed by atoms with Gasteiger partial charge in [0.25, 0.3) is 5.56 Å². The van der Waals surface area contributed by atoms with Gasteiger partial charge in [0.05, 0.1) is 40.9 Å². The summed E-state index contributed by atoms with van der Waals surface area (Å²) in [6.07, 6.45) is 16.9. The number of H-pyrrole nitrogens is 1. The third-order valence-electron chi connectivity index (χ3n) is 18.1. The number of allylic oxidation sites excluding steroid dienone is 1. The fraction of sp³-hybridized carbons (Fsp3) is 0.359. The van der Waals surface area contributed by atoms with Gasteiger partial charge in [-0.25, -0.2) is 9.61 Å². The molecule has 0 saturated heterocycles. The van der Waals surface area contributed by atoms with Gasteiger partial charge in [0, 0.05) is 65.8 Å². The number of aliphatic imine (C=N–C) groups is 1. The Bertz CT molecular complexity index is 5200. The SMILES string of the molecule is C.C.CC(C)(C)c1ccc2c(=O)[nH]ccc2c1.CC(C)(C)c1cccc(-c2cccnc2)c1.CC(C)(C)c1cccc(-c2ccncc2)c1.CC(C)(C)c1cccc(C2=CC=NC2)c1.CC(C)(C)c1cn2ccc(C#N)cc2n1.Cc1c(C(C)(C)C)nnn1-c1nonc1N.Cc1nnnn1-c1ccc(C(C)(C)C)cc1. The van der Waals surface area contributed by atoms with Crippen LogP contribution in [0.3, 0.4) is 0 Å². The Morgan fingerprint density at radius 1 is 0.523 bits per heavy atom. The van der Waals surface area contributed by atoms with Gasteiger partial charge in [-0.3, -0.25) is 19.8 Å². The van der Waals surface area contributed by atoms with E-state index in [2.05, 4.69) is 320 Å². The predicted molar refractivity (Wildman–Crippen MR) is 458 cm³/mol. The van der Waals surface area contributed by atoms with Crippen molar-refractivity contribution in [2.75, 3.05) is 12.3 Å². The molecule has 3 N–H and O–H groups in total. The Morgan fingerprint density at radius 2 is 1.07 bits per heavy atom. The highest BCUT2D eigenvalue weighted by Gasteiger charge is 2.26. The lowest BCUT2D eigenvalue weighted by Crippen LogP contribution is -2.14. The van der Waals surface area contributed by atoms with Crippen LogP contribution >= 0.6 is 0 Å².